The maximum Gasteiger partial charge on any atom is 0.291 e. The zero-order valence-corrected chi connectivity index (χ0v) is 8.35. The molecule has 0 saturated carbocycles. The van der Waals surface area contributed by atoms with Crippen LogP contribution >= 0.6 is 0 Å². The lowest BCUT2D eigenvalue weighted by Gasteiger charge is -2.15. The highest BCUT2D eigenvalue weighted by Gasteiger charge is 2.38. The van der Waals surface area contributed by atoms with E-state index in [0.717, 1.165) is 26.2 Å². The van der Waals surface area contributed by atoms with Gasteiger partial charge in [-0.2, -0.15) is 0 Å². The molecule has 2 atom stereocenters. The zero-order valence-electron chi connectivity index (χ0n) is 8.35. The lowest BCUT2D eigenvalue weighted by molar-refractivity contribution is 0.0750. The van der Waals surface area contributed by atoms with Crippen molar-refractivity contribution in [1.29, 1.82) is 0 Å². The van der Waals surface area contributed by atoms with Gasteiger partial charge >= 0.3 is 0 Å². The van der Waals surface area contributed by atoms with Crippen LogP contribution in [0, 0.1) is 11.8 Å². The quantitative estimate of drug-likeness (QED) is 0.702. The first-order chi connectivity index (χ1) is 7.34. The molecule has 2 unspecified atom stereocenters. The normalized spacial score (nSPS) is 29.5. The number of carbonyl (C=O) groups excluding carboxylic acids is 1. The summed E-state index contributed by atoms with van der Waals surface area (Å²) in [5, 5.41) is 3.34. The first-order valence-corrected chi connectivity index (χ1v) is 5.23. The molecule has 1 amide bonds. The van der Waals surface area contributed by atoms with E-state index in [0.29, 0.717) is 17.6 Å². The Labute approximate surface area is 87.5 Å². The highest BCUT2D eigenvalue weighted by Crippen LogP contribution is 2.27. The van der Waals surface area contributed by atoms with Crippen LogP contribution in [0.1, 0.15) is 10.6 Å². The minimum absolute atomic E-state index is 0.0260. The van der Waals surface area contributed by atoms with E-state index < -0.39 is 0 Å². The fraction of sp³-hybridized carbons (Fsp3) is 0.600. The Morgan fingerprint density at radius 1 is 1.47 bits per heavy atom. The van der Waals surface area contributed by atoms with Crippen LogP contribution in [0.15, 0.2) is 17.0 Å². The molecular formula is C10H13N3O2. The first-order valence-electron chi connectivity index (χ1n) is 5.23. The van der Waals surface area contributed by atoms with Gasteiger partial charge in [-0.15, -0.1) is 0 Å². The van der Waals surface area contributed by atoms with Crippen molar-refractivity contribution in [2.24, 2.45) is 11.8 Å². The molecule has 5 nitrogen and oxygen atoms in total. The minimum atomic E-state index is -0.0260. The second kappa shape index (κ2) is 3.34. The van der Waals surface area contributed by atoms with Gasteiger partial charge < -0.3 is 14.6 Å². The molecule has 1 aromatic rings. The van der Waals surface area contributed by atoms with E-state index >= 15 is 0 Å². The molecule has 1 aromatic heterocycles. The molecule has 1 N–H and O–H groups in total. The van der Waals surface area contributed by atoms with Crippen LogP contribution < -0.4 is 5.32 Å². The Balaban J connectivity index is 1.72. The first kappa shape index (κ1) is 8.91. The summed E-state index contributed by atoms with van der Waals surface area (Å²) in [7, 11) is 0. The number of amides is 1. The summed E-state index contributed by atoms with van der Waals surface area (Å²) in [6.45, 7) is 3.75. The summed E-state index contributed by atoms with van der Waals surface area (Å²) in [5.74, 6) is 1.57. The fourth-order valence-electron chi connectivity index (χ4n) is 2.50. The Morgan fingerprint density at radius 3 is 2.80 bits per heavy atom. The molecular weight excluding hydrogens is 194 g/mol. The predicted molar refractivity (Wildman–Crippen MR) is 52.3 cm³/mol. The summed E-state index contributed by atoms with van der Waals surface area (Å²) in [6, 6.07) is 0. The molecule has 0 aromatic carbocycles. The lowest BCUT2D eigenvalue weighted by Crippen LogP contribution is -2.31. The Kier molecular flexibility index (Phi) is 1.98. The highest BCUT2D eigenvalue weighted by molar-refractivity contribution is 5.91. The van der Waals surface area contributed by atoms with Gasteiger partial charge in [0, 0.05) is 26.2 Å². The second-order valence-corrected chi connectivity index (χ2v) is 4.25. The highest BCUT2D eigenvalue weighted by atomic mass is 16.3. The van der Waals surface area contributed by atoms with E-state index in [1.54, 1.807) is 0 Å². The molecule has 2 aliphatic heterocycles. The number of nitrogens with one attached hydrogen (secondary N) is 1. The van der Waals surface area contributed by atoms with Gasteiger partial charge in [-0.05, 0) is 11.8 Å². The number of aromatic nitrogens is 1. The third-order valence-corrected chi connectivity index (χ3v) is 3.32. The van der Waals surface area contributed by atoms with E-state index in [1.807, 2.05) is 4.90 Å². The van der Waals surface area contributed by atoms with Gasteiger partial charge in [0.05, 0.1) is 6.20 Å². The van der Waals surface area contributed by atoms with E-state index in [1.165, 1.54) is 12.6 Å². The summed E-state index contributed by atoms with van der Waals surface area (Å²) in [4.78, 5) is 17.5. The lowest BCUT2D eigenvalue weighted by atomic mass is 10.0. The number of carbonyl (C=O) groups is 1. The molecule has 0 aliphatic carbocycles. The van der Waals surface area contributed by atoms with Crippen LogP contribution in [-0.2, 0) is 0 Å². The number of likely N-dealkylation sites (tertiary alicyclic amines) is 1. The number of rotatable bonds is 1. The number of fused-ring (bicyclic) bond motifs is 1. The Morgan fingerprint density at radius 2 is 2.20 bits per heavy atom. The molecule has 5 heteroatoms. The summed E-state index contributed by atoms with van der Waals surface area (Å²) < 4.78 is 5.01. The van der Waals surface area contributed by atoms with E-state index in [9.17, 15) is 4.79 Å². The number of oxazole rings is 1. The third kappa shape index (κ3) is 1.43. The molecule has 15 heavy (non-hydrogen) atoms. The zero-order chi connectivity index (χ0) is 10.3. The van der Waals surface area contributed by atoms with Gasteiger partial charge in [0.15, 0.2) is 6.39 Å². The monoisotopic (exact) mass is 207 g/mol. The van der Waals surface area contributed by atoms with Crippen LogP contribution in [0.3, 0.4) is 0 Å². The summed E-state index contributed by atoms with van der Waals surface area (Å²) in [5.41, 5.74) is 0. The molecule has 0 radical (unpaired) electrons. The van der Waals surface area contributed by atoms with Gasteiger partial charge in [0.2, 0.25) is 5.76 Å². The van der Waals surface area contributed by atoms with E-state index in [2.05, 4.69) is 10.3 Å². The van der Waals surface area contributed by atoms with Crippen LogP contribution in [0.4, 0.5) is 0 Å². The SMILES string of the molecule is O=C(c1cnco1)N1CC2CNCC2C1. The van der Waals surface area contributed by atoms with Gasteiger partial charge in [-0.3, -0.25) is 4.79 Å². The van der Waals surface area contributed by atoms with Crippen molar-refractivity contribution in [3.8, 4) is 0 Å². The smallest absolute Gasteiger partial charge is 0.291 e. The van der Waals surface area contributed by atoms with Crippen LogP contribution in [0.2, 0.25) is 0 Å². The minimum Gasteiger partial charge on any atom is -0.438 e. The maximum absolute atomic E-state index is 11.9. The van der Waals surface area contributed by atoms with Crippen molar-refractivity contribution >= 4 is 5.91 Å². The molecule has 0 bridgehead atoms. The van der Waals surface area contributed by atoms with Crippen LogP contribution in [0.5, 0.6) is 0 Å². The van der Waals surface area contributed by atoms with Crippen LogP contribution in [-0.4, -0.2) is 42.0 Å². The van der Waals surface area contributed by atoms with Gasteiger partial charge in [-0.25, -0.2) is 4.98 Å². The van der Waals surface area contributed by atoms with Crippen molar-refractivity contribution in [2.75, 3.05) is 26.2 Å². The predicted octanol–water partition coefficient (Wildman–Crippen LogP) is -0.0340. The average molecular weight is 207 g/mol. The molecule has 2 aliphatic rings. The molecule has 2 fully saturated rings. The number of hydrogen-bond acceptors (Lipinski definition) is 4. The van der Waals surface area contributed by atoms with Crippen LogP contribution in [0.25, 0.3) is 0 Å². The Hall–Kier alpha value is -1.36. The summed E-state index contributed by atoms with van der Waals surface area (Å²) in [6.07, 6.45) is 2.78. The van der Waals surface area contributed by atoms with Crippen molar-refractivity contribution in [3.05, 3.63) is 18.4 Å². The second-order valence-electron chi connectivity index (χ2n) is 4.25. The fourth-order valence-corrected chi connectivity index (χ4v) is 2.50. The summed E-state index contributed by atoms with van der Waals surface area (Å²) >= 11 is 0. The van der Waals surface area contributed by atoms with E-state index in [4.69, 9.17) is 4.42 Å². The van der Waals surface area contributed by atoms with Crippen molar-refractivity contribution < 1.29 is 9.21 Å². The third-order valence-electron chi connectivity index (χ3n) is 3.32. The molecule has 3 rings (SSSR count). The van der Waals surface area contributed by atoms with Crippen molar-refractivity contribution in [3.63, 3.8) is 0 Å². The molecule has 2 saturated heterocycles. The van der Waals surface area contributed by atoms with Crippen molar-refractivity contribution in [2.45, 2.75) is 0 Å². The van der Waals surface area contributed by atoms with Crippen molar-refractivity contribution in [1.82, 2.24) is 15.2 Å². The topological polar surface area (TPSA) is 58.4 Å². The Bertz CT molecular complexity index is 351. The molecule has 0 spiro atoms. The van der Waals surface area contributed by atoms with Gasteiger partial charge in [-0.1, -0.05) is 0 Å². The standard InChI is InChI=1S/C10H13N3O2/c14-10(9-3-12-6-15-9)13-4-7-1-11-2-8(7)5-13/h3,6-8,11H,1-2,4-5H2. The molecule has 3 heterocycles. The largest absolute Gasteiger partial charge is 0.438 e. The average Bonchev–Trinajstić information content (AvgIpc) is 2.92. The molecule has 80 valence electrons. The maximum atomic E-state index is 11.9. The van der Waals surface area contributed by atoms with E-state index in [-0.39, 0.29) is 5.91 Å². The van der Waals surface area contributed by atoms with Gasteiger partial charge in [0.25, 0.3) is 5.91 Å². The number of hydrogen-bond donors (Lipinski definition) is 1. The number of nitrogens with zero attached hydrogens (tertiary/aromatic N) is 2. The van der Waals surface area contributed by atoms with Gasteiger partial charge in [0.1, 0.15) is 0 Å².